The Balaban J connectivity index is 2.10. The molecule has 0 saturated carbocycles. The van der Waals surface area contributed by atoms with Gasteiger partial charge in [0.1, 0.15) is 0 Å². The molecule has 0 radical (unpaired) electrons. The minimum atomic E-state index is -4.29. The Bertz CT molecular complexity index is 401. The number of benzene rings is 1. The maximum absolute atomic E-state index is 12.4. The zero-order valence-electron chi connectivity index (χ0n) is 9.05. The van der Waals surface area contributed by atoms with Crippen molar-refractivity contribution in [2.75, 3.05) is 6.54 Å². The molecule has 1 aliphatic heterocycles. The number of rotatable bonds is 1. The number of halogens is 3. The molecule has 1 amide bonds. The number of amides is 1. The molecule has 5 heteroatoms. The van der Waals surface area contributed by atoms with Crippen LogP contribution in [-0.4, -0.2) is 12.5 Å². The highest BCUT2D eigenvalue weighted by molar-refractivity contribution is 5.76. The molecule has 0 bridgehead atoms. The van der Waals surface area contributed by atoms with Gasteiger partial charge in [-0.3, -0.25) is 4.79 Å². The fourth-order valence-electron chi connectivity index (χ4n) is 1.96. The van der Waals surface area contributed by atoms with Crippen molar-refractivity contribution in [1.29, 1.82) is 0 Å². The van der Waals surface area contributed by atoms with Crippen molar-refractivity contribution in [3.63, 3.8) is 0 Å². The number of hydrogen-bond donors (Lipinski definition) is 1. The normalized spacial score (nSPS) is 21.1. The molecule has 17 heavy (non-hydrogen) atoms. The summed E-state index contributed by atoms with van der Waals surface area (Å²) in [4.78, 5) is 11.0. The lowest BCUT2D eigenvalue weighted by Crippen LogP contribution is -2.33. The van der Waals surface area contributed by atoms with E-state index in [1.807, 2.05) is 0 Å². The van der Waals surface area contributed by atoms with Crippen LogP contribution in [0.15, 0.2) is 24.3 Å². The average molecular weight is 243 g/mol. The van der Waals surface area contributed by atoms with E-state index in [4.69, 9.17) is 0 Å². The number of piperidine rings is 1. The van der Waals surface area contributed by atoms with Gasteiger partial charge in [0.2, 0.25) is 5.91 Å². The Morgan fingerprint density at radius 3 is 2.29 bits per heavy atom. The van der Waals surface area contributed by atoms with Crippen LogP contribution < -0.4 is 5.32 Å². The molecule has 1 fully saturated rings. The molecule has 1 aliphatic rings. The van der Waals surface area contributed by atoms with Crippen LogP contribution in [0.2, 0.25) is 0 Å². The van der Waals surface area contributed by atoms with Crippen LogP contribution in [-0.2, 0) is 11.0 Å². The molecule has 2 nitrogen and oxygen atoms in total. The zero-order chi connectivity index (χ0) is 12.5. The van der Waals surface area contributed by atoms with Crippen LogP contribution in [0.25, 0.3) is 0 Å². The predicted molar refractivity (Wildman–Crippen MR) is 56.4 cm³/mol. The molecule has 1 aromatic carbocycles. The molecule has 0 aromatic heterocycles. The minimum absolute atomic E-state index is 0.00756. The summed E-state index contributed by atoms with van der Waals surface area (Å²) in [5, 5.41) is 2.71. The molecule has 1 unspecified atom stereocenters. The number of alkyl halides is 3. The third-order valence-electron chi connectivity index (χ3n) is 2.97. The standard InChI is InChI=1S/C12H12F3NO/c13-12(14,15)10-4-1-8(2-5-10)9-3-6-11(17)16-7-9/h1-2,4-5,9H,3,6-7H2,(H,16,17). The maximum Gasteiger partial charge on any atom is 0.416 e. The third kappa shape index (κ3) is 2.78. The average Bonchev–Trinajstić information content (AvgIpc) is 2.29. The van der Waals surface area contributed by atoms with Crippen molar-refractivity contribution < 1.29 is 18.0 Å². The Kier molecular flexibility index (Phi) is 3.09. The molecule has 0 aliphatic carbocycles. The molecule has 1 saturated heterocycles. The summed E-state index contributed by atoms with van der Waals surface area (Å²) in [6.45, 7) is 0.504. The molecule has 1 atom stereocenters. The van der Waals surface area contributed by atoms with Gasteiger partial charge in [0.05, 0.1) is 5.56 Å². The molecular weight excluding hydrogens is 231 g/mol. The van der Waals surface area contributed by atoms with Crippen LogP contribution in [0.3, 0.4) is 0 Å². The van der Waals surface area contributed by atoms with E-state index in [0.717, 1.165) is 17.7 Å². The van der Waals surface area contributed by atoms with E-state index in [1.54, 1.807) is 0 Å². The van der Waals surface area contributed by atoms with Crippen molar-refractivity contribution in [3.8, 4) is 0 Å². The summed E-state index contributed by atoms with van der Waals surface area (Å²) in [5.74, 6) is 0.128. The summed E-state index contributed by atoms with van der Waals surface area (Å²) >= 11 is 0. The SMILES string of the molecule is O=C1CCC(c2ccc(C(F)(F)F)cc2)CN1. The monoisotopic (exact) mass is 243 g/mol. The number of carbonyl (C=O) groups is 1. The Morgan fingerprint density at radius 1 is 1.18 bits per heavy atom. The highest BCUT2D eigenvalue weighted by Gasteiger charge is 2.30. The molecule has 1 N–H and O–H groups in total. The van der Waals surface area contributed by atoms with Gasteiger partial charge in [0, 0.05) is 18.9 Å². The fraction of sp³-hybridized carbons (Fsp3) is 0.417. The van der Waals surface area contributed by atoms with Crippen molar-refractivity contribution in [2.24, 2.45) is 0 Å². The quantitative estimate of drug-likeness (QED) is 0.807. The molecule has 92 valence electrons. The van der Waals surface area contributed by atoms with E-state index >= 15 is 0 Å². The van der Waals surface area contributed by atoms with Crippen molar-refractivity contribution >= 4 is 5.91 Å². The molecule has 1 aromatic rings. The van der Waals surface area contributed by atoms with E-state index in [-0.39, 0.29) is 11.8 Å². The summed E-state index contributed by atoms with van der Waals surface area (Å²) in [6.07, 6.45) is -3.16. The van der Waals surface area contributed by atoms with Gasteiger partial charge < -0.3 is 5.32 Å². The largest absolute Gasteiger partial charge is 0.416 e. The van der Waals surface area contributed by atoms with E-state index in [1.165, 1.54) is 12.1 Å². The number of carbonyl (C=O) groups excluding carboxylic acids is 1. The van der Waals surface area contributed by atoms with Crippen LogP contribution in [0.5, 0.6) is 0 Å². The molecule has 0 spiro atoms. The first-order valence-corrected chi connectivity index (χ1v) is 5.40. The fourth-order valence-corrected chi connectivity index (χ4v) is 1.96. The highest BCUT2D eigenvalue weighted by Crippen LogP contribution is 2.31. The first kappa shape index (κ1) is 12.0. The lowest BCUT2D eigenvalue weighted by Gasteiger charge is -2.23. The van der Waals surface area contributed by atoms with Crippen LogP contribution in [0.1, 0.15) is 29.9 Å². The zero-order valence-corrected chi connectivity index (χ0v) is 9.05. The van der Waals surface area contributed by atoms with E-state index in [9.17, 15) is 18.0 Å². The predicted octanol–water partition coefficient (Wildman–Crippen LogP) is 2.70. The Labute approximate surface area is 96.8 Å². The van der Waals surface area contributed by atoms with Crippen molar-refractivity contribution in [2.45, 2.75) is 24.9 Å². The number of hydrogen-bond acceptors (Lipinski definition) is 1. The molecule has 1 heterocycles. The number of nitrogens with one attached hydrogen (secondary N) is 1. The minimum Gasteiger partial charge on any atom is -0.355 e. The second-order valence-corrected chi connectivity index (χ2v) is 4.16. The highest BCUT2D eigenvalue weighted by atomic mass is 19.4. The van der Waals surface area contributed by atoms with Crippen LogP contribution in [0, 0.1) is 0 Å². The molecular formula is C12H12F3NO. The van der Waals surface area contributed by atoms with Gasteiger partial charge in [-0.25, -0.2) is 0 Å². The van der Waals surface area contributed by atoms with Crippen LogP contribution >= 0.6 is 0 Å². The van der Waals surface area contributed by atoms with Gasteiger partial charge >= 0.3 is 6.18 Å². The van der Waals surface area contributed by atoms with Gasteiger partial charge in [-0.15, -0.1) is 0 Å². The summed E-state index contributed by atoms with van der Waals surface area (Å²) in [6, 6.07) is 5.16. The summed E-state index contributed by atoms with van der Waals surface area (Å²) < 4.78 is 37.1. The van der Waals surface area contributed by atoms with E-state index in [2.05, 4.69) is 5.32 Å². The molecule has 2 rings (SSSR count). The smallest absolute Gasteiger partial charge is 0.355 e. The van der Waals surface area contributed by atoms with Gasteiger partial charge in [0.15, 0.2) is 0 Å². The van der Waals surface area contributed by atoms with Gasteiger partial charge in [0.25, 0.3) is 0 Å². The van der Waals surface area contributed by atoms with Crippen molar-refractivity contribution in [1.82, 2.24) is 5.32 Å². The van der Waals surface area contributed by atoms with Gasteiger partial charge in [-0.1, -0.05) is 12.1 Å². The lowest BCUT2D eigenvalue weighted by atomic mass is 9.91. The second-order valence-electron chi connectivity index (χ2n) is 4.16. The Morgan fingerprint density at radius 2 is 1.82 bits per heavy atom. The Hall–Kier alpha value is -1.52. The first-order valence-electron chi connectivity index (χ1n) is 5.40. The van der Waals surface area contributed by atoms with Crippen molar-refractivity contribution in [3.05, 3.63) is 35.4 Å². The van der Waals surface area contributed by atoms with Gasteiger partial charge in [-0.2, -0.15) is 13.2 Å². The maximum atomic E-state index is 12.4. The lowest BCUT2D eigenvalue weighted by molar-refractivity contribution is -0.137. The first-order chi connectivity index (χ1) is 7.97. The summed E-state index contributed by atoms with van der Waals surface area (Å²) in [5.41, 5.74) is 0.207. The second kappa shape index (κ2) is 4.39. The van der Waals surface area contributed by atoms with Gasteiger partial charge in [-0.05, 0) is 24.1 Å². The van der Waals surface area contributed by atoms with E-state index in [0.29, 0.717) is 19.4 Å². The topological polar surface area (TPSA) is 29.1 Å². The van der Waals surface area contributed by atoms with E-state index < -0.39 is 11.7 Å². The third-order valence-corrected chi connectivity index (χ3v) is 2.97. The summed E-state index contributed by atoms with van der Waals surface area (Å²) in [7, 11) is 0. The van der Waals surface area contributed by atoms with Crippen LogP contribution in [0.4, 0.5) is 13.2 Å².